The van der Waals surface area contributed by atoms with E-state index in [1.54, 1.807) is 0 Å². The fourth-order valence-corrected chi connectivity index (χ4v) is 4.70. The van der Waals surface area contributed by atoms with Gasteiger partial charge in [-0.25, -0.2) is 0 Å². The number of hydrogen-bond acceptors (Lipinski definition) is 2. The molecule has 21 heavy (non-hydrogen) atoms. The molecule has 0 aromatic rings. The molecule has 3 aliphatic rings. The van der Waals surface area contributed by atoms with Crippen molar-refractivity contribution in [1.29, 1.82) is 0 Å². The first-order chi connectivity index (χ1) is 10.4. The van der Waals surface area contributed by atoms with Crippen LogP contribution in [0.4, 0.5) is 0 Å². The van der Waals surface area contributed by atoms with Crippen molar-refractivity contribution in [3.05, 3.63) is 0 Å². The minimum Gasteiger partial charge on any atom is -0.339 e. The zero-order valence-electron chi connectivity index (χ0n) is 13.5. The number of amides is 1. The highest BCUT2D eigenvalue weighted by Gasteiger charge is 2.37. The second-order valence-electron chi connectivity index (χ2n) is 7.39. The van der Waals surface area contributed by atoms with E-state index in [9.17, 15) is 4.79 Å². The van der Waals surface area contributed by atoms with E-state index in [0.717, 1.165) is 25.9 Å². The largest absolute Gasteiger partial charge is 0.339 e. The molecule has 120 valence electrons. The van der Waals surface area contributed by atoms with E-state index in [0.29, 0.717) is 23.8 Å². The molecule has 2 unspecified atom stereocenters. The molecule has 0 aromatic carbocycles. The van der Waals surface area contributed by atoms with Gasteiger partial charge in [-0.1, -0.05) is 32.1 Å². The third kappa shape index (κ3) is 3.80. The van der Waals surface area contributed by atoms with Gasteiger partial charge in [0, 0.05) is 18.5 Å². The Kier molecular flexibility index (Phi) is 5.56. The van der Waals surface area contributed by atoms with Crippen molar-refractivity contribution in [2.75, 3.05) is 19.6 Å². The Balaban J connectivity index is 1.61. The van der Waals surface area contributed by atoms with Gasteiger partial charge in [-0.2, -0.15) is 0 Å². The van der Waals surface area contributed by atoms with Crippen molar-refractivity contribution >= 4 is 5.91 Å². The van der Waals surface area contributed by atoms with Crippen LogP contribution in [-0.2, 0) is 4.79 Å². The maximum absolute atomic E-state index is 13.0. The average Bonchev–Trinajstić information content (AvgIpc) is 2.96. The zero-order chi connectivity index (χ0) is 14.5. The van der Waals surface area contributed by atoms with Crippen LogP contribution in [0.3, 0.4) is 0 Å². The van der Waals surface area contributed by atoms with Crippen LogP contribution in [0.5, 0.6) is 0 Å². The van der Waals surface area contributed by atoms with Crippen molar-refractivity contribution in [2.45, 2.75) is 76.7 Å². The van der Waals surface area contributed by atoms with Crippen LogP contribution in [0.15, 0.2) is 0 Å². The van der Waals surface area contributed by atoms with Gasteiger partial charge in [-0.05, 0) is 57.5 Å². The smallest absolute Gasteiger partial charge is 0.225 e. The Morgan fingerprint density at radius 1 is 0.857 bits per heavy atom. The lowest BCUT2D eigenvalue weighted by molar-refractivity contribution is -0.138. The molecular weight excluding hydrogens is 260 g/mol. The molecule has 0 aromatic heterocycles. The first kappa shape index (κ1) is 15.3. The summed E-state index contributed by atoms with van der Waals surface area (Å²) >= 11 is 0. The maximum Gasteiger partial charge on any atom is 0.225 e. The summed E-state index contributed by atoms with van der Waals surface area (Å²) in [6, 6.07) is 0.538. The Morgan fingerprint density at radius 3 is 2.33 bits per heavy atom. The third-order valence-corrected chi connectivity index (χ3v) is 5.92. The predicted molar refractivity (Wildman–Crippen MR) is 86.1 cm³/mol. The van der Waals surface area contributed by atoms with Gasteiger partial charge in [0.15, 0.2) is 0 Å². The fourth-order valence-electron chi connectivity index (χ4n) is 4.70. The molecule has 1 N–H and O–H groups in total. The molecule has 3 rings (SSSR count). The Labute approximate surface area is 129 Å². The SMILES string of the molecule is O=C(C1CCCCCCC1)N1CCCC1C1CCCNC1. The number of hydrogen-bond donors (Lipinski definition) is 1. The maximum atomic E-state index is 13.0. The van der Waals surface area contributed by atoms with Crippen LogP contribution in [0.1, 0.15) is 70.6 Å². The molecule has 3 fully saturated rings. The standard InChI is InChI=1S/C18H32N2O/c21-18(15-8-4-2-1-3-5-9-15)20-13-7-11-17(20)16-10-6-12-19-14-16/h15-17,19H,1-14H2. The summed E-state index contributed by atoms with van der Waals surface area (Å²) in [6.45, 7) is 3.31. The van der Waals surface area contributed by atoms with Crippen LogP contribution >= 0.6 is 0 Å². The van der Waals surface area contributed by atoms with Crippen molar-refractivity contribution < 1.29 is 4.79 Å². The fraction of sp³-hybridized carbons (Fsp3) is 0.944. The van der Waals surface area contributed by atoms with Gasteiger partial charge in [0.1, 0.15) is 0 Å². The molecule has 1 aliphatic carbocycles. The third-order valence-electron chi connectivity index (χ3n) is 5.92. The molecule has 0 bridgehead atoms. The highest BCUT2D eigenvalue weighted by Crippen LogP contribution is 2.32. The number of rotatable bonds is 2. The normalized spacial score (nSPS) is 32.7. The lowest BCUT2D eigenvalue weighted by atomic mass is 9.87. The Bertz CT molecular complexity index is 330. The van der Waals surface area contributed by atoms with Crippen LogP contribution in [0.2, 0.25) is 0 Å². The zero-order valence-corrected chi connectivity index (χ0v) is 13.5. The van der Waals surface area contributed by atoms with E-state index in [2.05, 4.69) is 10.2 Å². The van der Waals surface area contributed by atoms with E-state index in [1.165, 1.54) is 64.3 Å². The molecule has 0 radical (unpaired) electrons. The molecular formula is C18H32N2O. The monoisotopic (exact) mass is 292 g/mol. The second kappa shape index (κ2) is 7.62. The lowest BCUT2D eigenvalue weighted by Crippen LogP contribution is -2.47. The molecule has 2 aliphatic heterocycles. The first-order valence-electron chi connectivity index (χ1n) is 9.37. The quantitative estimate of drug-likeness (QED) is 0.846. The van der Waals surface area contributed by atoms with Gasteiger partial charge >= 0.3 is 0 Å². The number of carbonyl (C=O) groups is 1. The second-order valence-corrected chi connectivity index (χ2v) is 7.39. The summed E-state index contributed by atoms with van der Waals surface area (Å²) in [4.78, 5) is 15.3. The molecule has 3 nitrogen and oxygen atoms in total. The van der Waals surface area contributed by atoms with Crippen LogP contribution in [0.25, 0.3) is 0 Å². The minimum atomic E-state index is 0.336. The predicted octanol–water partition coefficient (Wildman–Crippen LogP) is 3.34. The van der Waals surface area contributed by atoms with Gasteiger partial charge in [-0.3, -0.25) is 4.79 Å². The molecule has 2 heterocycles. The van der Waals surface area contributed by atoms with Crippen molar-refractivity contribution in [1.82, 2.24) is 10.2 Å². The number of nitrogens with one attached hydrogen (secondary N) is 1. The first-order valence-corrected chi connectivity index (χ1v) is 9.37. The molecule has 3 heteroatoms. The summed E-state index contributed by atoms with van der Waals surface area (Å²) in [6.07, 6.45) is 13.9. The highest BCUT2D eigenvalue weighted by molar-refractivity contribution is 5.79. The lowest BCUT2D eigenvalue weighted by Gasteiger charge is -2.36. The van der Waals surface area contributed by atoms with E-state index < -0.39 is 0 Å². The van der Waals surface area contributed by atoms with Crippen molar-refractivity contribution in [3.63, 3.8) is 0 Å². The number of likely N-dealkylation sites (tertiary alicyclic amines) is 1. The average molecular weight is 292 g/mol. The molecule has 0 spiro atoms. The summed E-state index contributed by atoms with van der Waals surface area (Å²) in [7, 11) is 0. The molecule has 2 saturated heterocycles. The Hall–Kier alpha value is -0.570. The summed E-state index contributed by atoms with van der Waals surface area (Å²) in [5.74, 6) is 1.55. The van der Waals surface area contributed by atoms with E-state index >= 15 is 0 Å². The summed E-state index contributed by atoms with van der Waals surface area (Å²) in [5.41, 5.74) is 0. The van der Waals surface area contributed by atoms with E-state index in [-0.39, 0.29) is 0 Å². The van der Waals surface area contributed by atoms with Crippen LogP contribution in [0, 0.1) is 11.8 Å². The number of carbonyl (C=O) groups excluding carboxylic acids is 1. The molecule has 1 amide bonds. The van der Waals surface area contributed by atoms with Crippen LogP contribution < -0.4 is 5.32 Å². The van der Waals surface area contributed by atoms with Crippen molar-refractivity contribution in [2.24, 2.45) is 11.8 Å². The number of nitrogens with zero attached hydrogens (tertiary/aromatic N) is 1. The topological polar surface area (TPSA) is 32.3 Å². The highest BCUT2D eigenvalue weighted by atomic mass is 16.2. The molecule has 1 saturated carbocycles. The van der Waals surface area contributed by atoms with Gasteiger partial charge in [0.05, 0.1) is 0 Å². The summed E-state index contributed by atoms with van der Waals surface area (Å²) in [5, 5.41) is 3.53. The molecule has 2 atom stereocenters. The summed E-state index contributed by atoms with van der Waals surface area (Å²) < 4.78 is 0. The van der Waals surface area contributed by atoms with Gasteiger partial charge in [0.2, 0.25) is 5.91 Å². The van der Waals surface area contributed by atoms with E-state index in [1.807, 2.05) is 0 Å². The number of piperidine rings is 1. The van der Waals surface area contributed by atoms with Gasteiger partial charge in [-0.15, -0.1) is 0 Å². The Morgan fingerprint density at radius 2 is 1.62 bits per heavy atom. The van der Waals surface area contributed by atoms with E-state index in [4.69, 9.17) is 0 Å². The minimum absolute atomic E-state index is 0.336. The van der Waals surface area contributed by atoms with Crippen molar-refractivity contribution in [3.8, 4) is 0 Å². The van der Waals surface area contributed by atoms with Gasteiger partial charge < -0.3 is 10.2 Å². The van der Waals surface area contributed by atoms with Crippen LogP contribution in [-0.4, -0.2) is 36.5 Å². The van der Waals surface area contributed by atoms with Gasteiger partial charge in [0.25, 0.3) is 0 Å².